The molecule has 0 saturated carbocycles. The second kappa shape index (κ2) is 8.72. The van der Waals surface area contributed by atoms with Gasteiger partial charge >= 0.3 is 0 Å². The summed E-state index contributed by atoms with van der Waals surface area (Å²) < 4.78 is 24.4. The number of ether oxygens (including phenoxy) is 2. The lowest BCUT2D eigenvalue weighted by atomic mass is 10.0. The third kappa shape index (κ3) is 4.99. The fourth-order valence-electron chi connectivity index (χ4n) is 3.42. The average Bonchev–Trinajstić information content (AvgIpc) is 2.65. The monoisotopic (exact) mass is 373 g/mol. The second-order valence-electron chi connectivity index (χ2n) is 7.44. The zero-order valence-corrected chi connectivity index (χ0v) is 16.2. The summed E-state index contributed by atoms with van der Waals surface area (Å²) in [5.41, 5.74) is 2.57. The Morgan fingerprint density at radius 3 is 2.52 bits per heavy atom. The number of β-amino-alcohol motifs (C(OH)–C–C–N with tert-alkyl or cyclic N) is 1. The van der Waals surface area contributed by atoms with E-state index in [1.807, 2.05) is 0 Å². The lowest BCUT2D eigenvalue weighted by Crippen LogP contribution is -2.48. The normalized spacial score (nSPS) is 20.7. The minimum Gasteiger partial charge on any atom is -0.493 e. The fraction of sp³-hybridized carbons (Fsp3) is 0.455. The van der Waals surface area contributed by atoms with E-state index < -0.39 is 6.10 Å². The Kier molecular flexibility index (Phi) is 6.34. The Balaban J connectivity index is 1.57. The van der Waals surface area contributed by atoms with E-state index in [9.17, 15) is 9.50 Å². The van der Waals surface area contributed by atoms with Crippen molar-refractivity contribution in [2.75, 3.05) is 20.2 Å². The first-order chi connectivity index (χ1) is 13.0. The standard InChI is InChI=1S/C22H28FNO3/c1-15(2)17-6-4-16(5-7-17)13-24-11-10-20(19(25)14-24)27-21-9-8-18(23)12-22(21)26-3/h4-9,12,15,19-20,25H,10-11,13-14H2,1-3H3/t19-,20-/m1/s1. The number of nitrogens with zero attached hydrogens (tertiary/aromatic N) is 1. The maximum absolute atomic E-state index is 13.3. The minimum absolute atomic E-state index is 0.330. The molecular formula is C22H28FNO3. The van der Waals surface area contributed by atoms with Crippen molar-refractivity contribution < 1.29 is 19.0 Å². The van der Waals surface area contributed by atoms with Crippen LogP contribution in [0.2, 0.25) is 0 Å². The van der Waals surface area contributed by atoms with Gasteiger partial charge in [0.25, 0.3) is 0 Å². The van der Waals surface area contributed by atoms with E-state index in [2.05, 4.69) is 43.0 Å². The van der Waals surface area contributed by atoms with E-state index in [4.69, 9.17) is 9.47 Å². The molecule has 2 aromatic carbocycles. The van der Waals surface area contributed by atoms with Crippen molar-refractivity contribution in [3.8, 4) is 11.5 Å². The molecule has 1 N–H and O–H groups in total. The molecule has 5 heteroatoms. The van der Waals surface area contributed by atoms with Crippen LogP contribution in [0.25, 0.3) is 0 Å². The Bertz CT molecular complexity index is 748. The summed E-state index contributed by atoms with van der Waals surface area (Å²) in [5, 5.41) is 10.5. The summed E-state index contributed by atoms with van der Waals surface area (Å²) >= 11 is 0. The molecule has 27 heavy (non-hydrogen) atoms. The maximum Gasteiger partial charge on any atom is 0.163 e. The van der Waals surface area contributed by atoms with E-state index in [1.165, 1.54) is 30.4 Å². The SMILES string of the molecule is COc1cc(F)ccc1O[C@@H]1CCN(Cc2ccc(C(C)C)cc2)C[C@H]1O. The molecule has 0 unspecified atom stereocenters. The highest BCUT2D eigenvalue weighted by atomic mass is 19.1. The molecule has 0 amide bonds. The van der Waals surface area contributed by atoms with Crippen molar-refractivity contribution in [3.63, 3.8) is 0 Å². The average molecular weight is 373 g/mol. The van der Waals surface area contributed by atoms with Crippen LogP contribution in [0.15, 0.2) is 42.5 Å². The van der Waals surface area contributed by atoms with Crippen LogP contribution in [0.4, 0.5) is 4.39 Å². The summed E-state index contributed by atoms with van der Waals surface area (Å²) in [6.45, 7) is 6.55. The molecule has 146 valence electrons. The second-order valence-corrected chi connectivity index (χ2v) is 7.44. The third-order valence-corrected chi connectivity index (χ3v) is 5.06. The number of likely N-dealkylation sites (tertiary alicyclic amines) is 1. The largest absolute Gasteiger partial charge is 0.493 e. The van der Waals surface area contributed by atoms with Gasteiger partial charge in [0.15, 0.2) is 11.5 Å². The van der Waals surface area contributed by atoms with Crippen molar-refractivity contribution >= 4 is 0 Å². The van der Waals surface area contributed by atoms with Gasteiger partial charge in [-0.1, -0.05) is 38.1 Å². The molecule has 0 spiro atoms. The van der Waals surface area contributed by atoms with E-state index in [-0.39, 0.29) is 11.9 Å². The first-order valence-electron chi connectivity index (χ1n) is 9.45. The number of halogens is 1. The molecule has 1 aliphatic rings. The summed E-state index contributed by atoms with van der Waals surface area (Å²) in [4.78, 5) is 2.23. The Labute approximate surface area is 160 Å². The lowest BCUT2D eigenvalue weighted by Gasteiger charge is -2.36. The van der Waals surface area contributed by atoms with Crippen LogP contribution in [0, 0.1) is 5.82 Å². The summed E-state index contributed by atoms with van der Waals surface area (Å²) in [7, 11) is 1.48. The van der Waals surface area contributed by atoms with Crippen LogP contribution in [0.5, 0.6) is 11.5 Å². The van der Waals surface area contributed by atoms with Crippen molar-refractivity contribution in [2.45, 2.75) is 44.9 Å². The van der Waals surface area contributed by atoms with Gasteiger partial charge in [0.1, 0.15) is 18.0 Å². The molecule has 2 atom stereocenters. The van der Waals surface area contributed by atoms with E-state index >= 15 is 0 Å². The highest BCUT2D eigenvalue weighted by Crippen LogP contribution is 2.30. The number of rotatable bonds is 6. The smallest absolute Gasteiger partial charge is 0.163 e. The molecule has 3 rings (SSSR count). The first-order valence-corrected chi connectivity index (χ1v) is 9.45. The van der Waals surface area contributed by atoms with Gasteiger partial charge in [-0.25, -0.2) is 4.39 Å². The van der Waals surface area contributed by atoms with Crippen LogP contribution in [-0.4, -0.2) is 42.4 Å². The highest BCUT2D eigenvalue weighted by Gasteiger charge is 2.30. The Morgan fingerprint density at radius 1 is 1.15 bits per heavy atom. The number of methoxy groups -OCH3 is 1. The predicted molar refractivity (Wildman–Crippen MR) is 104 cm³/mol. The first kappa shape index (κ1) is 19.6. The van der Waals surface area contributed by atoms with Gasteiger partial charge < -0.3 is 14.6 Å². The number of aliphatic hydroxyl groups excluding tert-OH is 1. The van der Waals surface area contributed by atoms with Gasteiger partial charge in [0, 0.05) is 25.7 Å². The summed E-state index contributed by atoms with van der Waals surface area (Å²) in [5.74, 6) is 0.950. The van der Waals surface area contributed by atoms with Crippen LogP contribution >= 0.6 is 0 Å². The number of benzene rings is 2. The van der Waals surface area contributed by atoms with Crippen molar-refractivity contribution in [1.29, 1.82) is 0 Å². The van der Waals surface area contributed by atoms with Crippen molar-refractivity contribution in [2.24, 2.45) is 0 Å². The number of piperidine rings is 1. The van der Waals surface area contributed by atoms with E-state index in [0.717, 1.165) is 13.1 Å². The van der Waals surface area contributed by atoms with Gasteiger partial charge in [-0.15, -0.1) is 0 Å². The van der Waals surface area contributed by atoms with E-state index in [0.29, 0.717) is 30.4 Å². The summed E-state index contributed by atoms with van der Waals surface area (Å²) in [6.07, 6.45) is -0.237. The van der Waals surface area contributed by atoms with Gasteiger partial charge in [-0.2, -0.15) is 0 Å². The minimum atomic E-state index is -0.608. The molecule has 0 radical (unpaired) electrons. The van der Waals surface area contributed by atoms with Crippen molar-refractivity contribution in [1.82, 2.24) is 4.90 Å². The van der Waals surface area contributed by atoms with Gasteiger partial charge in [-0.3, -0.25) is 4.90 Å². The lowest BCUT2D eigenvalue weighted by molar-refractivity contribution is -0.0283. The molecule has 4 nitrogen and oxygen atoms in total. The topological polar surface area (TPSA) is 41.9 Å². The van der Waals surface area contributed by atoms with Crippen LogP contribution < -0.4 is 9.47 Å². The van der Waals surface area contributed by atoms with Crippen LogP contribution in [0.3, 0.4) is 0 Å². The quantitative estimate of drug-likeness (QED) is 0.832. The number of hydrogen-bond acceptors (Lipinski definition) is 4. The molecule has 0 aliphatic carbocycles. The maximum atomic E-state index is 13.3. The number of aliphatic hydroxyl groups is 1. The van der Waals surface area contributed by atoms with Gasteiger partial charge in [0.2, 0.25) is 0 Å². The zero-order chi connectivity index (χ0) is 19.4. The molecular weight excluding hydrogens is 345 g/mol. The molecule has 1 aliphatic heterocycles. The molecule has 0 aromatic heterocycles. The van der Waals surface area contributed by atoms with Crippen LogP contribution in [0.1, 0.15) is 37.3 Å². The molecule has 0 bridgehead atoms. The van der Waals surface area contributed by atoms with E-state index in [1.54, 1.807) is 6.07 Å². The molecule has 2 aromatic rings. The predicted octanol–water partition coefficient (Wildman–Crippen LogP) is 3.97. The molecule has 1 saturated heterocycles. The van der Waals surface area contributed by atoms with Gasteiger partial charge in [-0.05, 0) is 35.6 Å². The Morgan fingerprint density at radius 2 is 1.89 bits per heavy atom. The third-order valence-electron chi connectivity index (χ3n) is 5.06. The van der Waals surface area contributed by atoms with Crippen LogP contribution in [-0.2, 0) is 6.54 Å². The summed E-state index contributed by atoms with van der Waals surface area (Å²) in [6, 6.07) is 12.8. The fourth-order valence-corrected chi connectivity index (χ4v) is 3.42. The molecule has 1 heterocycles. The van der Waals surface area contributed by atoms with Crippen molar-refractivity contribution in [3.05, 3.63) is 59.4 Å². The van der Waals surface area contributed by atoms with Gasteiger partial charge in [0.05, 0.1) is 7.11 Å². The highest BCUT2D eigenvalue weighted by molar-refractivity contribution is 5.40. The molecule has 1 fully saturated rings. The zero-order valence-electron chi connectivity index (χ0n) is 16.2. The number of hydrogen-bond donors (Lipinski definition) is 1. The Hall–Kier alpha value is -2.11.